The zero-order valence-corrected chi connectivity index (χ0v) is 13.6. The molecule has 7 heteroatoms. The van der Waals surface area contributed by atoms with Crippen LogP contribution in [0, 0.1) is 0 Å². The fraction of sp³-hybridized carbons (Fsp3) is 0.188. The number of hydrogen-bond donors (Lipinski definition) is 2. The third-order valence-electron chi connectivity index (χ3n) is 3.32. The van der Waals surface area contributed by atoms with E-state index in [0.29, 0.717) is 39.0 Å². The second-order valence-corrected chi connectivity index (χ2v) is 5.76. The van der Waals surface area contributed by atoms with Gasteiger partial charge in [0.2, 0.25) is 5.95 Å². The van der Waals surface area contributed by atoms with Gasteiger partial charge in [-0.1, -0.05) is 30.3 Å². The molecule has 1 aromatic carbocycles. The third kappa shape index (κ3) is 2.70. The summed E-state index contributed by atoms with van der Waals surface area (Å²) in [6, 6.07) is 9.68. The van der Waals surface area contributed by atoms with Gasteiger partial charge in [0.1, 0.15) is 9.71 Å². The molecule has 0 fully saturated rings. The van der Waals surface area contributed by atoms with Gasteiger partial charge in [-0.05, 0) is 6.92 Å². The van der Waals surface area contributed by atoms with Crippen LogP contribution in [-0.2, 0) is 4.74 Å². The lowest BCUT2D eigenvalue weighted by Gasteiger charge is -2.06. The maximum absolute atomic E-state index is 12.1. The lowest BCUT2D eigenvalue weighted by atomic mass is 10.1. The Morgan fingerprint density at radius 1 is 1.30 bits per heavy atom. The quantitative estimate of drug-likeness (QED) is 0.715. The van der Waals surface area contributed by atoms with Gasteiger partial charge in [0.05, 0.1) is 23.4 Å². The predicted octanol–water partition coefficient (Wildman–Crippen LogP) is 3.16. The summed E-state index contributed by atoms with van der Waals surface area (Å²) < 4.78 is 5.07. The first-order valence-electron chi connectivity index (χ1n) is 7.16. The minimum atomic E-state index is -0.432. The summed E-state index contributed by atoms with van der Waals surface area (Å²) in [5.41, 5.74) is 8.19. The topological polar surface area (TPSA) is 90.1 Å². The molecule has 0 aliphatic rings. The zero-order chi connectivity index (χ0) is 16.4. The number of ether oxygens (including phenoxy) is 1. The van der Waals surface area contributed by atoms with Crippen LogP contribution in [0.1, 0.15) is 16.6 Å². The Hall–Kier alpha value is -2.67. The molecule has 0 aliphatic heterocycles. The molecule has 0 spiro atoms. The molecule has 0 amide bonds. The third-order valence-corrected chi connectivity index (χ3v) is 4.40. The second kappa shape index (κ2) is 6.21. The number of fused-ring (bicyclic) bond motifs is 1. The van der Waals surface area contributed by atoms with E-state index in [4.69, 9.17) is 10.5 Å². The van der Waals surface area contributed by atoms with Crippen molar-refractivity contribution in [1.82, 2.24) is 9.97 Å². The minimum absolute atomic E-state index is 0.297. The Balaban J connectivity index is 2.28. The van der Waals surface area contributed by atoms with Gasteiger partial charge in [0.15, 0.2) is 0 Å². The molecule has 3 aromatic rings. The molecule has 2 aromatic heterocycles. The maximum atomic E-state index is 12.1. The summed E-state index contributed by atoms with van der Waals surface area (Å²) >= 11 is 1.22. The van der Waals surface area contributed by atoms with Crippen molar-refractivity contribution in [3.05, 3.63) is 35.2 Å². The number of rotatable bonds is 4. The molecule has 3 N–H and O–H groups in total. The van der Waals surface area contributed by atoms with E-state index in [1.807, 2.05) is 30.3 Å². The number of carbonyl (C=O) groups excluding carboxylic acids is 1. The van der Waals surface area contributed by atoms with E-state index < -0.39 is 5.97 Å². The van der Waals surface area contributed by atoms with Crippen LogP contribution >= 0.6 is 11.3 Å². The number of nitrogens with one attached hydrogen (secondary N) is 1. The minimum Gasteiger partial charge on any atom is -0.462 e. The average molecular weight is 328 g/mol. The molecule has 3 rings (SSSR count). The highest BCUT2D eigenvalue weighted by atomic mass is 32.1. The molecule has 118 valence electrons. The van der Waals surface area contributed by atoms with E-state index >= 15 is 0 Å². The van der Waals surface area contributed by atoms with Crippen molar-refractivity contribution < 1.29 is 9.53 Å². The summed E-state index contributed by atoms with van der Waals surface area (Å²) in [6.45, 7) is 2.06. The van der Waals surface area contributed by atoms with Gasteiger partial charge >= 0.3 is 5.97 Å². The molecule has 0 bridgehead atoms. The van der Waals surface area contributed by atoms with Crippen LogP contribution in [0.25, 0.3) is 21.5 Å². The average Bonchev–Trinajstić information content (AvgIpc) is 2.92. The Bertz CT molecular complexity index is 861. The highest BCUT2D eigenvalue weighted by Crippen LogP contribution is 2.39. The smallest absolute Gasteiger partial charge is 0.350 e. The van der Waals surface area contributed by atoms with Crippen LogP contribution in [0.5, 0.6) is 0 Å². The first kappa shape index (κ1) is 15.2. The van der Waals surface area contributed by atoms with Gasteiger partial charge < -0.3 is 15.8 Å². The molecule has 23 heavy (non-hydrogen) atoms. The molecule has 0 saturated heterocycles. The Kier molecular flexibility index (Phi) is 4.12. The van der Waals surface area contributed by atoms with Crippen molar-refractivity contribution in [2.45, 2.75) is 6.92 Å². The van der Waals surface area contributed by atoms with Crippen molar-refractivity contribution >= 4 is 39.2 Å². The van der Waals surface area contributed by atoms with Crippen LogP contribution in [0.2, 0.25) is 0 Å². The van der Waals surface area contributed by atoms with E-state index in [9.17, 15) is 4.79 Å². The van der Waals surface area contributed by atoms with Crippen LogP contribution in [0.15, 0.2) is 30.3 Å². The van der Waals surface area contributed by atoms with E-state index in [1.165, 1.54) is 11.3 Å². The fourth-order valence-electron chi connectivity index (χ4n) is 2.29. The number of nitrogens with two attached hydrogens (primary N) is 1. The molecular formula is C16H16N4O2S. The number of thiophene rings is 1. The first-order valence-corrected chi connectivity index (χ1v) is 7.97. The van der Waals surface area contributed by atoms with Crippen molar-refractivity contribution in [3.8, 4) is 11.3 Å². The SMILES string of the molecule is CCOC(=O)c1sc2nc(NC)nc(-c3ccccc3)c2c1N. The number of hydrogen-bond acceptors (Lipinski definition) is 7. The zero-order valence-electron chi connectivity index (χ0n) is 12.8. The summed E-state index contributed by atoms with van der Waals surface area (Å²) in [4.78, 5) is 22.0. The van der Waals surface area contributed by atoms with Crippen molar-refractivity contribution in [3.63, 3.8) is 0 Å². The van der Waals surface area contributed by atoms with Gasteiger partial charge in [0.25, 0.3) is 0 Å². The number of anilines is 2. The van der Waals surface area contributed by atoms with E-state index in [1.54, 1.807) is 14.0 Å². The molecule has 0 saturated carbocycles. The molecular weight excluding hydrogens is 312 g/mol. The number of benzene rings is 1. The number of nitrogen functional groups attached to an aromatic ring is 1. The van der Waals surface area contributed by atoms with Crippen LogP contribution in [0.4, 0.5) is 11.6 Å². The van der Waals surface area contributed by atoms with Gasteiger partial charge in [-0.3, -0.25) is 0 Å². The molecule has 0 unspecified atom stereocenters. The Morgan fingerprint density at radius 3 is 2.70 bits per heavy atom. The number of aromatic nitrogens is 2. The Morgan fingerprint density at radius 2 is 2.04 bits per heavy atom. The van der Waals surface area contributed by atoms with Crippen LogP contribution in [0.3, 0.4) is 0 Å². The van der Waals surface area contributed by atoms with Gasteiger partial charge in [-0.2, -0.15) is 0 Å². The lowest BCUT2D eigenvalue weighted by Crippen LogP contribution is -2.05. The number of carbonyl (C=O) groups is 1. The number of esters is 1. The van der Waals surface area contributed by atoms with Crippen LogP contribution < -0.4 is 11.1 Å². The van der Waals surface area contributed by atoms with Crippen LogP contribution in [-0.4, -0.2) is 29.6 Å². The first-order chi connectivity index (χ1) is 11.2. The predicted molar refractivity (Wildman–Crippen MR) is 92.8 cm³/mol. The number of nitrogens with zero attached hydrogens (tertiary/aromatic N) is 2. The highest BCUT2D eigenvalue weighted by Gasteiger charge is 2.22. The molecule has 0 radical (unpaired) electrons. The Labute approximate surface area is 137 Å². The molecule has 2 heterocycles. The van der Waals surface area contributed by atoms with Crippen molar-refractivity contribution in [2.75, 3.05) is 24.7 Å². The highest BCUT2D eigenvalue weighted by molar-refractivity contribution is 7.21. The lowest BCUT2D eigenvalue weighted by molar-refractivity contribution is 0.0533. The van der Waals surface area contributed by atoms with Crippen molar-refractivity contribution in [1.29, 1.82) is 0 Å². The normalized spacial score (nSPS) is 10.7. The summed E-state index contributed by atoms with van der Waals surface area (Å²) in [7, 11) is 1.75. The van der Waals surface area contributed by atoms with Crippen molar-refractivity contribution in [2.24, 2.45) is 0 Å². The largest absolute Gasteiger partial charge is 0.462 e. The summed E-state index contributed by atoms with van der Waals surface area (Å²) in [6.07, 6.45) is 0. The standard InChI is InChI=1S/C16H16N4O2S/c1-3-22-15(21)13-11(17)10-12(9-7-5-4-6-8-9)19-16(18-2)20-14(10)23-13/h4-8H,3,17H2,1-2H3,(H,18,19,20). The summed E-state index contributed by atoms with van der Waals surface area (Å²) in [5, 5.41) is 3.62. The van der Waals surface area contributed by atoms with Gasteiger partial charge in [-0.15, -0.1) is 11.3 Å². The van der Waals surface area contributed by atoms with E-state index in [0.717, 1.165) is 5.56 Å². The maximum Gasteiger partial charge on any atom is 0.350 e. The summed E-state index contributed by atoms with van der Waals surface area (Å²) in [5.74, 6) is 0.0473. The van der Waals surface area contributed by atoms with E-state index in [2.05, 4.69) is 15.3 Å². The molecule has 0 aliphatic carbocycles. The van der Waals surface area contributed by atoms with E-state index in [-0.39, 0.29) is 0 Å². The van der Waals surface area contributed by atoms with Gasteiger partial charge in [0, 0.05) is 12.6 Å². The fourth-order valence-corrected chi connectivity index (χ4v) is 3.28. The van der Waals surface area contributed by atoms with Gasteiger partial charge in [-0.25, -0.2) is 14.8 Å². The molecule has 0 atom stereocenters. The second-order valence-electron chi connectivity index (χ2n) is 4.76. The molecule has 6 nitrogen and oxygen atoms in total. The monoisotopic (exact) mass is 328 g/mol.